The van der Waals surface area contributed by atoms with Crippen molar-refractivity contribution in [3.8, 4) is 0 Å². The molecule has 3 heterocycles. The Morgan fingerprint density at radius 3 is 2.70 bits per heavy atom. The first kappa shape index (κ1) is 19.2. The molecule has 3 aromatic rings. The van der Waals surface area contributed by atoms with Crippen LogP contribution in [0.2, 0.25) is 0 Å². The monoisotopic (exact) mass is 405 g/mol. The second kappa shape index (κ2) is 8.01. The van der Waals surface area contributed by atoms with E-state index in [1.54, 1.807) is 16.8 Å². The van der Waals surface area contributed by atoms with E-state index in [2.05, 4.69) is 10.4 Å². The molecule has 0 fully saturated rings. The summed E-state index contributed by atoms with van der Waals surface area (Å²) >= 11 is 2.65. The second-order valence-electron chi connectivity index (χ2n) is 6.04. The van der Waals surface area contributed by atoms with Crippen molar-refractivity contribution in [3.05, 3.63) is 38.5 Å². The number of ether oxygens (including phenoxy) is 1. The smallest absolute Gasteiger partial charge is 0.348 e. The number of hydrogen-bond donors (Lipinski definition) is 1. The van der Waals surface area contributed by atoms with Gasteiger partial charge in [-0.05, 0) is 31.5 Å². The van der Waals surface area contributed by atoms with Crippen molar-refractivity contribution in [2.75, 3.05) is 13.2 Å². The largest absolute Gasteiger partial charge is 0.453 e. The lowest BCUT2D eigenvalue weighted by atomic mass is 10.3. The zero-order chi connectivity index (χ0) is 19.6. The summed E-state index contributed by atoms with van der Waals surface area (Å²) in [7, 11) is 1.82. The van der Waals surface area contributed by atoms with Gasteiger partial charge in [-0.3, -0.25) is 14.3 Å². The Morgan fingerprint density at radius 1 is 1.22 bits per heavy atom. The Bertz CT molecular complexity index is 981. The molecule has 7 nitrogen and oxygen atoms in total. The molecule has 0 spiro atoms. The molecule has 9 heteroatoms. The number of aromatic nitrogens is 2. The van der Waals surface area contributed by atoms with Gasteiger partial charge in [0, 0.05) is 30.8 Å². The average Bonchev–Trinajstić information content (AvgIpc) is 3.31. The zero-order valence-corrected chi connectivity index (χ0v) is 16.8. The van der Waals surface area contributed by atoms with Crippen LogP contribution in [0.25, 0.3) is 10.2 Å². The minimum Gasteiger partial charge on any atom is -0.453 e. The maximum Gasteiger partial charge on any atom is 0.348 e. The maximum atomic E-state index is 12.3. The first-order valence-electron chi connectivity index (χ1n) is 8.31. The molecule has 0 aliphatic carbocycles. The summed E-state index contributed by atoms with van der Waals surface area (Å²) < 4.78 is 6.91. The highest BCUT2D eigenvalue weighted by Crippen LogP contribution is 2.28. The van der Waals surface area contributed by atoms with Crippen molar-refractivity contribution in [2.45, 2.75) is 20.3 Å². The summed E-state index contributed by atoms with van der Waals surface area (Å²) in [6.07, 6.45) is 0.659. The fourth-order valence-corrected chi connectivity index (χ4v) is 4.55. The Morgan fingerprint density at radius 2 is 2.00 bits per heavy atom. The molecule has 0 saturated heterocycles. The van der Waals surface area contributed by atoms with Crippen molar-refractivity contribution < 1.29 is 19.1 Å². The minimum absolute atomic E-state index is 0.0815. The van der Waals surface area contributed by atoms with Crippen LogP contribution < -0.4 is 5.32 Å². The number of carbonyl (C=O) groups excluding carboxylic acids is 3. The molecule has 0 unspecified atom stereocenters. The molecule has 0 bridgehead atoms. The van der Waals surface area contributed by atoms with Gasteiger partial charge >= 0.3 is 5.97 Å². The normalized spacial score (nSPS) is 10.9. The van der Waals surface area contributed by atoms with E-state index in [1.165, 1.54) is 29.6 Å². The third-order valence-electron chi connectivity index (χ3n) is 3.91. The van der Waals surface area contributed by atoms with Crippen LogP contribution in [0.3, 0.4) is 0 Å². The van der Waals surface area contributed by atoms with Crippen molar-refractivity contribution in [1.82, 2.24) is 15.1 Å². The minimum atomic E-state index is -0.508. The van der Waals surface area contributed by atoms with Gasteiger partial charge in [-0.2, -0.15) is 5.10 Å². The molecule has 3 aromatic heterocycles. The summed E-state index contributed by atoms with van der Waals surface area (Å²) in [5, 5.41) is 7.93. The molecular weight excluding hydrogens is 386 g/mol. The van der Waals surface area contributed by atoms with E-state index in [4.69, 9.17) is 4.74 Å². The topological polar surface area (TPSA) is 90.3 Å². The number of esters is 1. The van der Waals surface area contributed by atoms with Crippen LogP contribution in [0, 0.1) is 6.92 Å². The highest BCUT2D eigenvalue weighted by atomic mass is 32.1. The molecule has 0 aliphatic rings. The lowest BCUT2D eigenvalue weighted by Gasteiger charge is -2.01. The van der Waals surface area contributed by atoms with Crippen LogP contribution in [-0.4, -0.2) is 40.6 Å². The van der Waals surface area contributed by atoms with Crippen molar-refractivity contribution in [1.29, 1.82) is 0 Å². The number of rotatable bonds is 7. The van der Waals surface area contributed by atoms with Gasteiger partial charge in [-0.15, -0.1) is 22.7 Å². The van der Waals surface area contributed by atoms with Crippen LogP contribution in [0.1, 0.15) is 36.8 Å². The Kier molecular flexibility index (Phi) is 5.71. The fourth-order valence-electron chi connectivity index (χ4n) is 2.60. The maximum absolute atomic E-state index is 12.3. The summed E-state index contributed by atoms with van der Waals surface area (Å²) in [6.45, 7) is 3.58. The third kappa shape index (κ3) is 4.42. The molecule has 0 saturated carbocycles. The molecule has 0 radical (unpaired) electrons. The first-order valence-corrected chi connectivity index (χ1v) is 9.95. The number of carbonyl (C=O) groups is 3. The Hall–Kier alpha value is -2.52. The van der Waals surface area contributed by atoms with Crippen LogP contribution in [-0.2, 0) is 23.0 Å². The number of Topliss-reactive ketones (excluding diaryl/α,β-unsaturated/α-hetero) is 1. The Labute approximate surface area is 163 Å². The van der Waals surface area contributed by atoms with E-state index < -0.39 is 5.97 Å². The first-order chi connectivity index (χ1) is 12.8. The molecular formula is C18H19N3O4S2. The van der Waals surface area contributed by atoms with E-state index in [-0.39, 0.29) is 18.3 Å². The number of fused-ring (bicyclic) bond motifs is 1. The van der Waals surface area contributed by atoms with E-state index >= 15 is 0 Å². The second-order valence-corrected chi connectivity index (χ2v) is 8.24. The fraction of sp³-hybridized carbons (Fsp3) is 0.333. The van der Waals surface area contributed by atoms with Crippen LogP contribution in [0.4, 0.5) is 0 Å². The lowest BCUT2D eigenvalue weighted by Crippen LogP contribution is -2.22. The molecule has 1 amide bonds. The van der Waals surface area contributed by atoms with Gasteiger partial charge in [0.15, 0.2) is 6.61 Å². The quantitative estimate of drug-likeness (QED) is 0.482. The molecule has 0 aromatic carbocycles. The molecule has 1 N–H and O–H groups in total. The molecule has 27 heavy (non-hydrogen) atoms. The van der Waals surface area contributed by atoms with Gasteiger partial charge in [0.2, 0.25) is 11.7 Å². The van der Waals surface area contributed by atoms with Crippen LogP contribution >= 0.6 is 22.7 Å². The number of aryl methyl sites for hydroxylation is 2. The van der Waals surface area contributed by atoms with Crippen molar-refractivity contribution in [2.24, 2.45) is 7.05 Å². The van der Waals surface area contributed by atoms with Crippen LogP contribution in [0.5, 0.6) is 0 Å². The SMILES string of the molecule is CC(=O)NCCc1ccc(C(=O)COC(=O)c2cc3c(C)nn(C)c3s2)s1. The van der Waals surface area contributed by atoms with Gasteiger partial charge < -0.3 is 10.1 Å². The predicted molar refractivity (Wildman–Crippen MR) is 105 cm³/mol. The van der Waals surface area contributed by atoms with E-state index in [1.807, 2.05) is 20.0 Å². The number of ketones is 1. The highest BCUT2D eigenvalue weighted by Gasteiger charge is 2.18. The predicted octanol–water partition coefficient (Wildman–Crippen LogP) is 2.72. The number of amides is 1. The number of nitrogens with zero attached hydrogens (tertiary/aromatic N) is 2. The van der Waals surface area contributed by atoms with E-state index in [0.717, 1.165) is 20.8 Å². The summed E-state index contributed by atoms with van der Waals surface area (Å²) in [5.41, 5.74) is 0.851. The van der Waals surface area contributed by atoms with Crippen molar-refractivity contribution in [3.63, 3.8) is 0 Å². The van der Waals surface area contributed by atoms with Gasteiger partial charge in [0.05, 0.1) is 10.6 Å². The Balaban J connectivity index is 1.56. The molecule has 0 atom stereocenters. The van der Waals surface area contributed by atoms with Gasteiger partial charge in [-0.1, -0.05) is 0 Å². The van der Waals surface area contributed by atoms with E-state index in [9.17, 15) is 14.4 Å². The highest BCUT2D eigenvalue weighted by molar-refractivity contribution is 7.20. The summed E-state index contributed by atoms with van der Waals surface area (Å²) in [4.78, 5) is 38.3. The van der Waals surface area contributed by atoms with Crippen LogP contribution in [0.15, 0.2) is 18.2 Å². The number of nitrogens with one attached hydrogen (secondary N) is 1. The molecule has 142 valence electrons. The third-order valence-corrected chi connectivity index (χ3v) is 6.28. The molecule has 3 rings (SSSR count). The van der Waals surface area contributed by atoms with Crippen molar-refractivity contribution >= 4 is 50.5 Å². The molecule has 0 aliphatic heterocycles. The van der Waals surface area contributed by atoms with E-state index in [0.29, 0.717) is 22.7 Å². The average molecular weight is 406 g/mol. The van der Waals surface area contributed by atoms with Gasteiger partial charge in [0.25, 0.3) is 0 Å². The summed E-state index contributed by atoms with van der Waals surface area (Å²) in [5.74, 6) is -0.827. The zero-order valence-electron chi connectivity index (χ0n) is 15.2. The standard InChI is InChI=1S/C18H19N3O4S2/c1-10-13-8-16(27-17(13)21(3)20-10)18(24)25-9-14(23)15-5-4-12(26-15)6-7-19-11(2)22/h4-5,8H,6-7,9H2,1-3H3,(H,19,22). The number of hydrogen-bond acceptors (Lipinski definition) is 7. The number of thiophene rings is 2. The van der Waals surface area contributed by atoms with Gasteiger partial charge in [-0.25, -0.2) is 4.79 Å². The lowest BCUT2D eigenvalue weighted by molar-refractivity contribution is -0.118. The van der Waals surface area contributed by atoms with Gasteiger partial charge in [0.1, 0.15) is 9.71 Å². The summed E-state index contributed by atoms with van der Waals surface area (Å²) in [6, 6.07) is 5.32.